The van der Waals surface area contributed by atoms with Crippen LogP contribution in [-0.4, -0.2) is 38.0 Å². The molecule has 118 valence electrons. The SMILES string of the molecule is Cc1ccc(C(C)NC(=O)C2CCN(S(C)(=O)=O)CC2)o1. The number of piperidine rings is 1. The van der Waals surface area contributed by atoms with Crippen molar-refractivity contribution in [3.63, 3.8) is 0 Å². The quantitative estimate of drug-likeness (QED) is 0.912. The Morgan fingerprint density at radius 1 is 1.38 bits per heavy atom. The van der Waals surface area contributed by atoms with Crippen molar-refractivity contribution in [1.82, 2.24) is 9.62 Å². The lowest BCUT2D eigenvalue weighted by Crippen LogP contribution is -2.43. The highest BCUT2D eigenvalue weighted by atomic mass is 32.2. The minimum Gasteiger partial charge on any atom is -0.464 e. The summed E-state index contributed by atoms with van der Waals surface area (Å²) in [5, 5.41) is 2.93. The van der Waals surface area contributed by atoms with Crippen LogP contribution in [0.1, 0.15) is 37.3 Å². The minimum absolute atomic E-state index is 0.0373. The van der Waals surface area contributed by atoms with Gasteiger partial charge in [-0.05, 0) is 38.8 Å². The van der Waals surface area contributed by atoms with Gasteiger partial charge in [0, 0.05) is 19.0 Å². The second kappa shape index (κ2) is 6.19. The van der Waals surface area contributed by atoms with E-state index in [0.717, 1.165) is 11.5 Å². The summed E-state index contributed by atoms with van der Waals surface area (Å²) >= 11 is 0. The molecule has 7 heteroatoms. The number of carbonyl (C=O) groups excluding carboxylic acids is 1. The second-order valence-electron chi connectivity index (χ2n) is 5.62. The predicted octanol–water partition coefficient (Wildman–Crippen LogP) is 1.44. The Morgan fingerprint density at radius 2 is 2.00 bits per heavy atom. The Balaban J connectivity index is 1.88. The number of carbonyl (C=O) groups is 1. The maximum Gasteiger partial charge on any atom is 0.223 e. The fourth-order valence-electron chi connectivity index (χ4n) is 2.54. The summed E-state index contributed by atoms with van der Waals surface area (Å²) in [6, 6.07) is 3.54. The lowest BCUT2D eigenvalue weighted by Gasteiger charge is -2.30. The number of aryl methyl sites for hydroxylation is 1. The smallest absolute Gasteiger partial charge is 0.223 e. The van der Waals surface area contributed by atoms with Crippen LogP contribution >= 0.6 is 0 Å². The number of amides is 1. The van der Waals surface area contributed by atoms with Gasteiger partial charge in [0.15, 0.2) is 0 Å². The molecule has 0 saturated carbocycles. The Kier molecular flexibility index (Phi) is 4.73. The van der Waals surface area contributed by atoms with Crippen molar-refractivity contribution < 1.29 is 17.6 Å². The Bertz CT molecular complexity index is 600. The zero-order chi connectivity index (χ0) is 15.6. The first-order valence-corrected chi connectivity index (χ1v) is 8.94. The molecule has 6 nitrogen and oxygen atoms in total. The Hall–Kier alpha value is -1.34. The predicted molar refractivity (Wildman–Crippen MR) is 79.1 cm³/mol. The second-order valence-corrected chi connectivity index (χ2v) is 7.60. The highest BCUT2D eigenvalue weighted by molar-refractivity contribution is 7.88. The van der Waals surface area contributed by atoms with Crippen molar-refractivity contribution in [3.8, 4) is 0 Å². The average Bonchev–Trinajstić information content (AvgIpc) is 2.84. The molecule has 1 saturated heterocycles. The van der Waals surface area contributed by atoms with Crippen LogP contribution in [0.3, 0.4) is 0 Å². The zero-order valence-electron chi connectivity index (χ0n) is 12.6. The summed E-state index contributed by atoms with van der Waals surface area (Å²) < 4.78 is 29.8. The molecule has 1 N–H and O–H groups in total. The van der Waals surface area contributed by atoms with Gasteiger partial charge in [0.2, 0.25) is 15.9 Å². The first-order chi connectivity index (χ1) is 9.77. The Labute approximate surface area is 125 Å². The van der Waals surface area contributed by atoms with E-state index in [-0.39, 0.29) is 17.9 Å². The van der Waals surface area contributed by atoms with Gasteiger partial charge in [0.25, 0.3) is 0 Å². The van der Waals surface area contributed by atoms with Crippen molar-refractivity contribution in [3.05, 3.63) is 23.7 Å². The summed E-state index contributed by atoms with van der Waals surface area (Å²) in [4.78, 5) is 12.2. The molecule has 1 aromatic heterocycles. The van der Waals surface area contributed by atoms with Crippen LogP contribution in [0.5, 0.6) is 0 Å². The van der Waals surface area contributed by atoms with Gasteiger partial charge in [-0.3, -0.25) is 4.79 Å². The van der Waals surface area contributed by atoms with Gasteiger partial charge in [-0.25, -0.2) is 12.7 Å². The third-order valence-corrected chi connectivity index (χ3v) is 5.14. The molecule has 0 aliphatic carbocycles. The topological polar surface area (TPSA) is 79.6 Å². The molecule has 0 bridgehead atoms. The van der Waals surface area contributed by atoms with E-state index in [1.165, 1.54) is 10.6 Å². The van der Waals surface area contributed by atoms with Crippen molar-refractivity contribution in [1.29, 1.82) is 0 Å². The van der Waals surface area contributed by atoms with Gasteiger partial charge in [0.1, 0.15) is 11.5 Å². The molecule has 1 aliphatic heterocycles. The van der Waals surface area contributed by atoms with Crippen LogP contribution in [0.25, 0.3) is 0 Å². The summed E-state index contributed by atoms with van der Waals surface area (Å²) in [5.41, 5.74) is 0. The maximum absolute atomic E-state index is 12.2. The zero-order valence-corrected chi connectivity index (χ0v) is 13.4. The van der Waals surface area contributed by atoms with Gasteiger partial charge in [-0.1, -0.05) is 0 Å². The van der Waals surface area contributed by atoms with Crippen molar-refractivity contribution >= 4 is 15.9 Å². The van der Waals surface area contributed by atoms with Crippen LogP contribution < -0.4 is 5.32 Å². The summed E-state index contributed by atoms with van der Waals surface area (Å²) in [6.07, 6.45) is 2.32. The largest absolute Gasteiger partial charge is 0.464 e. The number of rotatable bonds is 4. The normalized spacial score (nSPS) is 19.4. The van der Waals surface area contributed by atoms with Gasteiger partial charge >= 0.3 is 0 Å². The third kappa shape index (κ3) is 4.07. The fourth-order valence-corrected chi connectivity index (χ4v) is 3.41. The van der Waals surface area contributed by atoms with E-state index in [0.29, 0.717) is 25.9 Å². The number of nitrogens with one attached hydrogen (secondary N) is 1. The van der Waals surface area contributed by atoms with E-state index in [1.54, 1.807) is 0 Å². The third-order valence-electron chi connectivity index (χ3n) is 3.84. The average molecular weight is 314 g/mol. The number of nitrogens with zero attached hydrogens (tertiary/aromatic N) is 1. The highest BCUT2D eigenvalue weighted by Gasteiger charge is 2.29. The van der Waals surface area contributed by atoms with E-state index in [9.17, 15) is 13.2 Å². The number of hydrogen-bond donors (Lipinski definition) is 1. The molecule has 2 heterocycles. The molecule has 1 aromatic rings. The number of sulfonamides is 1. The lowest BCUT2D eigenvalue weighted by molar-refractivity contribution is -0.126. The molecule has 1 fully saturated rings. The van der Waals surface area contributed by atoms with Crippen molar-refractivity contribution in [2.45, 2.75) is 32.7 Å². The van der Waals surface area contributed by atoms with Crippen LogP contribution in [0.2, 0.25) is 0 Å². The molecule has 1 aliphatic rings. The maximum atomic E-state index is 12.2. The van der Waals surface area contributed by atoms with E-state index >= 15 is 0 Å². The van der Waals surface area contributed by atoms with Crippen molar-refractivity contribution in [2.24, 2.45) is 5.92 Å². The monoisotopic (exact) mass is 314 g/mol. The molecule has 0 aromatic carbocycles. The summed E-state index contributed by atoms with van der Waals surface area (Å²) in [5.74, 6) is 1.37. The lowest BCUT2D eigenvalue weighted by atomic mass is 9.97. The standard InChI is InChI=1S/C14H22N2O4S/c1-10-4-5-13(20-10)11(2)15-14(17)12-6-8-16(9-7-12)21(3,18)19/h4-5,11-12H,6-9H2,1-3H3,(H,15,17). The molecule has 1 amide bonds. The molecule has 21 heavy (non-hydrogen) atoms. The van der Waals surface area contributed by atoms with Crippen molar-refractivity contribution in [2.75, 3.05) is 19.3 Å². The van der Waals surface area contributed by atoms with Gasteiger partial charge in [-0.15, -0.1) is 0 Å². The van der Waals surface area contributed by atoms with Crippen LogP contribution in [0.15, 0.2) is 16.5 Å². The Morgan fingerprint density at radius 3 is 2.48 bits per heavy atom. The first kappa shape index (κ1) is 16.0. The van der Waals surface area contributed by atoms with E-state index in [1.807, 2.05) is 26.0 Å². The molecule has 0 radical (unpaired) electrons. The minimum atomic E-state index is -3.15. The molecular formula is C14H22N2O4S. The first-order valence-electron chi connectivity index (χ1n) is 7.09. The van der Waals surface area contributed by atoms with E-state index in [2.05, 4.69) is 5.32 Å². The van der Waals surface area contributed by atoms with Gasteiger partial charge < -0.3 is 9.73 Å². The van der Waals surface area contributed by atoms with Crippen LogP contribution in [0, 0.1) is 12.8 Å². The molecule has 0 spiro atoms. The van der Waals surface area contributed by atoms with Gasteiger partial charge in [0.05, 0.1) is 12.3 Å². The van der Waals surface area contributed by atoms with Crippen LogP contribution in [0.4, 0.5) is 0 Å². The van der Waals surface area contributed by atoms with Gasteiger partial charge in [-0.2, -0.15) is 0 Å². The summed E-state index contributed by atoms with van der Waals surface area (Å²) in [7, 11) is -3.15. The molecule has 1 atom stereocenters. The molecule has 2 rings (SSSR count). The van der Waals surface area contributed by atoms with Crippen LogP contribution in [-0.2, 0) is 14.8 Å². The van der Waals surface area contributed by atoms with E-state index in [4.69, 9.17) is 4.42 Å². The fraction of sp³-hybridized carbons (Fsp3) is 0.643. The van der Waals surface area contributed by atoms with E-state index < -0.39 is 10.0 Å². The highest BCUT2D eigenvalue weighted by Crippen LogP contribution is 2.21. The summed E-state index contributed by atoms with van der Waals surface area (Å²) in [6.45, 7) is 4.55. The molecule has 1 unspecified atom stereocenters. The molecular weight excluding hydrogens is 292 g/mol. The number of furan rings is 1. The number of hydrogen-bond acceptors (Lipinski definition) is 4.